The highest BCUT2D eigenvalue weighted by Gasteiger charge is 2.50. The molecular weight excluding hydrogens is 536 g/mol. The number of halogens is 5. The summed E-state index contributed by atoms with van der Waals surface area (Å²) in [7, 11) is 1.61. The standard InChI is InChI=1S/C19H17F3N6O4S.2ClH/c1-28-12-5-2-8(16(30)31)6-11(12)26-18(28,14(23)15(24)29)27-17-25-10-4-3-9(7-13(10)33-17)32-19(20,21)22;;/h2-7,14,26H,23H2,1H3,(H2,24,29)(H,25,27)(H,30,31);2*1H. The van der Waals surface area contributed by atoms with Crippen molar-refractivity contribution in [3.63, 3.8) is 0 Å². The number of nitrogens with zero attached hydrogens (tertiary/aromatic N) is 2. The molecule has 10 nitrogen and oxygen atoms in total. The number of ether oxygens (including phenoxy) is 1. The Kier molecular flexibility index (Phi) is 7.86. The number of rotatable bonds is 6. The third-order valence-electron chi connectivity index (χ3n) is 5.11. The van der Waals surface area contributed by atoms with Gasteiger partial charge < -0.3 is 36.8 Å². The lowest BCUT2D eigenvalue weighted by atomic mass is 10.1. The predicted molar refractivity (Wildman–Crippen MR) is 130 cm³/mol. The van der Waals surface area contributed by atoms with Crippen molar-refractivity contribution in [3.8, 4) is 5.75 Å². The zero-order valence-electron chi connectivity index (χ0n) is 17.6. The molecular formula is C19H19Cl2F3N6O4S. The number of anilines is 3. The lowest BCUT2D eigenvalue weighted by Gasteiger charge is -2.41. The minimum atomic E-state index is -4.84. The van der Waals surface area contributed by atoms with Crippen LogP contribution in [0.1, 0.15) is 10.4 Å². The SMILES string of the molecule is CN1c2ccc(C(=O)O)cc2NC1(Nc1nc2ccc(OC(F)(F)F)cc2s1)C(N)C(N)=O.Cl.Cl. The van der Waals surface area contributed by atoms with Gasteiger partial charge in [-0.1, -0.05) is 11.3 Å². The zero-order chi connectivity index (χ0) is 24.1. The van der Waals surface area contributed by atoms with Gasteiger partial charge in [0, 0.05) is 13.1 Å². The number of likely N-dealkylation sites (N-methyl/N-ethyl adjacent to an activating group) is 1. The van der Waals surface area contributed by atoms with Gasteiger partial charge in [-0.2, -0.15) is 0 Å². The Morgan fingerprint density at radius 2 is 1.94 bits per heavy atom. The lowest BCUT2D eigenvalue weighted by molar-refractivity contribution is -0.274. The first-order chi connectivity index (χ1) is 15.4. The molecule has 7 N–H and O–H groups in total. The van der Waals surface area contributed by atoms with Gasteiger partial charge in [0.15, 0.2) is 5.13 Å². The second kappa shape index (κ2) is 9.81. The Hall–Kier alpha value is -3.20. The van der Waals surface area contributed by atoms with E-state index in [9.17, 15) is 27.9 Å². The van der Waals surface area contributed by atoms with Crippen LogP contribution in [-0.2, 0) is 4.79 Å². The van der Waals surface area contributed by atoms with Gasteiger partial charge in [0.05, 0.1) is 27.2 Å². The Labute approximate surface area is 212 Å². The van der Waals surface area contributed by atoms with Crippen LogP contribution in [0.2, 0.25) is 0 Å². The molecule has 1 aliphatic rings. The van der Waals surface area contributed by atoms with Gasteiger partial charge >= 0.3 is 12.3 Å². The molecule has 0 saturated heterocycles. The van der Waals surface area contributed by atoms with Crippen LogP contribution >= 0.6 is 36.2 Å². The van der Waals surface area contributed by atoms with Crippen molar-refractivity contribution in [2.24, 2.45) is 11.5 Å². The molecule has 0 bridgehead atoms. The fourth-order valence-electron chi connectivity index (χ4n) is 3.54. The van der Waals surface area contributed by atoms with Crippen molar-refractivity contribution >= 4 is 74.8 Å². The first-order valence-electron chi connectivity index (χ1n) is 9.28. The molecule has 16 heteroatoms. The Morgan fingerprint density at radius 1 is 1.26 bits per heavy atom. The minimum Gasteiger partial charge on any atom is -0.478 e. The number of nitrogens with one attached hydrogen (secondary N) is 2. The summed E-state index contributed by atoms with van der Waals surface area (Å²) in [5, 5.41) is 15.5. The number of primary amides is 1. The van der Waals surface area contributed by atoms with Gasteiger partial charge in [-0.25, -0.2) is 9.78 Å². The number of benzene rings is 2. The molecule has 190 valence electrons. The molecule has 0 fully saturated rings. The normalized spacial score (nSPS) is 17.5. The number of fused-ring (bicyclic) bond motifs is 2. The molecule has 4 rings (SSSR count). The van der Waals surface area contributed by atoms with Gasteiger partial charge in [0.1, 0.15) is 11.8 Å². The van der Waals surface area contributed by atoms with Crippen molar-refractivity contribution in [3.05, 3.63) is 42.0 Å². The van der Waals surface area contributed by atoms with E-state index in [2.05, 4.69) is 20.4 Å². The Morgan fingerprint density at radius 3 is 2.54 bits per heavy atom. The topological polar surface area (TPSA) is 156 Å². The van der Waals surface area contributed by atoms with Crippen LogP contribution in [0.3, 0.4) is 0 Å². The third-order valence-corrected chi connectivity index (χ3v) is 6.04. The van der Waals surface area contributed by atoms with Crippen molar-refractivity contribution in [2.45, 2.75) is 18.2 Å². The van der Waals surface area contributed by atoms with Crippen LogP contribution in [0.4, 0.5) is 29.7 Å². The maximum Gasteiger partial charge on any atom is 0.573 e. The summed E-state index contributed by atoms with van der Waals surface area (Å²) in [4.78, 5) is 29.3. The van der Waals surface area contributed by atoms with Crippen molar-refractivity contribution in [1.29, 1.82) is 0 Å². The average molecular weight is 555 g/mol. The van der Waals surface area contributed by atoms with E-state index in [1.165, 1.54) is 24.3 Å². The number of carbonyl (C=O) groups excluding carboxylic acids is 1. The summed E-state index contributed by atoms with van der Waals surface area (Å²) in [6.45, 7) is 0. The summed E-state index contributed by atoms with van der Waals surface area (Å²) in [6.07, 6.45) is -4.84. The van der Waals surface area contributed by atoms with E-state index in [4.69, 9.17) is 11.5 Å². The highest BCUT2D eigenvalue weighted by atomic mass is 35.5. The molecule has 0 saturated carbocycles. The van der Waals surface area contributed by atoms with E-state index in [-0.39, 0.29) is 35.5 Å². The fourth-order valence-corrected chi connectivity index (χ4v) is 4.50. The highest BCUT2D eigenvalue weighted by molar-refractivity contribution is 7.22. The number of nitrogens with two attached hydrogens (primary N) is 2. The molecule has 2 unspecified atom stereocenters. The minimum absolute atomic E-state index is 0. The van der Waals surface area contributed by atoms with Crippen LogP contribution in [-0.4, -0.2) is 47.2 Å². The number of carboxylic acids is 1. The van der Waals surface area contributed by atoms with Gasteiger partial charge in [0.2, 0.25) is 11.7 Å². The molecule has 0 aliphatic carbocycles. The molecule has 2 heterocycles. The third kappa shape index (κ3) is 5.24. The van der Waals surface area contributed by atoms with Crippen molar-refractivity contribution < 1.29 is 32.6 Å². The summed E-state index contributed by atoms with van der Waals surface area (Å²) in [5.74, 6) is -3.95. The number of aromatic nitrogens is 1. The van der Waals surface area contributed by atoms with Crippen molar-refractivity contribution in [2.75, 3.05) is 22.6 Å². The van der Waals surface area contributed by atoms with E-state index in [1.807, 2.05) is 0 Å². The number of hydrogen-bond donors (Lipinski definition) is 5. The molecule has 2 atom stereocenters. The van der Waals surface area contributed by atoms with Crippen molar-refractivity contribution in [1.82, 2.24) is 4.98 Å². The molecule has 3 aromatic rings. The number of carboxylic acid groups (broad SMARTS) is 1. The molecule has 0 radical (unpaired) electrons. The monoisotopic (exact) mass is 554 g/mol. The Balaban J connectivity index is 0.00000216. The van der Waals surface area contributed by atoms with E-state index >= 15 is 0 Å². The van der Waals surface area contributed by atoms with Crippen LogP contribution in [0.15, 0.2) is 36.4 Å². The summed E-state index contributed by atoms with van der Waals surface area (Å²) in [6, 6.07) is 6.65. The average Bonchev–Trinajstić information content (AvgIpc) is 3.24. The van der Waals surface area contributed by atoms with Gasteiger partial charge in [-0.05, 0) is 30.3 Å². The van der Waals surface area contributed by atoms with E-state index in [0.29, 0.717) is 21.6 Å². The molecule has 1 amide bonds. The number of aromatic carboxylic acids is 1. The number of alkyl halides is 3. The van der Waals surface area contributed by atoms with Crippen LogP contribution in [0.25, 0.3) is 10.2 Å². The number of amides is 1. The maximum absolute atomic E-state index is 12.5. The molecule has 2 aromatic carbocycles. The van der Waals surface area contributed by atoms with Crippen LogP contribution < -0.4 is 31.7 Å². The maximum atomic E-state index is 12.5. The predicted octanol–water partition coefficient (Wildman–Crippen LogP) is 3.18. The summed E-state index contributed by atoms with van der Waals surface area (Å²) < 4.78 is 41.9. The first-order valence-corrected chi connectivity index (χ1v) is 10.1. The summed E-state index contributed by atoms with van der Waals surface area (Å²) >= 11 is 1.00. The zero-order valence-corrected chi connectivity index (χ0v) is 20.1. The molecule has 0 spiro atoms. The number of thiazole rings is 1. The lowest BCUT2D eigenvalue weighted by Crippen LogP contribution is -2.70. The summed E-state index contributed by atoms with van der Waals surface area (Å²) in [5.41, 5.74) is 12.9. The quantitative estimate of drug-likeness (QED) is 0.308. The van der Waals surface area contributed by atoms with Gasteiger partial charge in [0.25, 0.3) is 0 Å². The second-order valence-corrected chi connectivity index (χ2v) is 8.22. The smallest absolute Gasteiger partial charge is 0.478 e. The van der Waals surface area contributed by atoms with E-state index in [1.54, 1.807) is 18.0 Å². The second-order valence-electron chi connectivity index (χ2n) is 7.19. The molecule has 35 heavy (non-hydrogen) atoms. The largest absolute Gasteiger partial charge is 0.573 e. The molecule has 1 aliphatic heterocycles. The number of carbonyl (C=O) groups is 2. The Bertz CT molecular complexity index is 1280. The number of hydrogen-bond acceptors (Lipinski definition) is 9. The van der Waals surface area contributed by atoms with Gasteiger partial charge in [-0.15, -0.1) is 38.0 Å². The fraction of sp³-hybridized carbons (Fsp3) is 0.211. The van der Waals surface area contributed by atoms with Crippen LogP contribution in [0, 0.1) is 0 Å². The van der Waals surface area contributed by atoms with E-state index in [0.717, 1.165) is 17.4 Å². The molecule has 1 aromatic heterocycles. The van der Waals surface area contributed by atoms with E-state index < -0.39 is 35.8 Å². The first kappa shape index (κ1) is 28.0. The van der Waals surface area contributed by atoms with Crippen LogP contribution in [0.5, 0.6) is 5.75 Å². The van der Waals surface area contributed by atoms with Gasteiger partial charge in [-0.3, -0.25) is 4.79 Å². The highest BCUT2D eigenvalue weighted by Crippen LogP contribution is 2.42.